The van der Waals surface area contributed by atoms with Gasteiger partial charge in [0.15, 0.2) is 0 Å². The van der Waals surface area contributed by atoms with E-state index in [1.807, 2.05) is 0 Å². The predicted octanol–water partition coefficient (Wildman–Crippen LogP) is 0.735. The SMILES string of the molecule is NCC(NC(=O)C1CCCS1)C1CC1. The molecule has 80 valence electrons. The third-order valence-electron chi connectivity index (χ3n) is 2.99. The van der Waals surface area contributed by atoms with Crippen molar-refractivity contribution in [2.75, 3.05) is 12.3 Å². The Morgan fingerprint density at radius 2 is 2.29 bits per heavy atom. The maximum Gasteiger partial charge on any atom is 0.233 e. The van der Waals surface area contributed by atoms with Gasteiger partial charge in [-0.2, -0.15) is 0 Å². The van der Waals surface area contributed by atoms with Crippen molar-refractivity contribution in [3.8, 4) is 0 Å². The molecular weight excluding hydrogens is 196 g/mol. The Labute approximate surface area is 89.2 Å². The van der Waals surface area contributed by atoms with E-state index in [0.717, 1.165) is 12.2 Å². The summed E-state index contributed by atoms with van der Waals surface area (Å²) in [5.74, 6) is 2.01. The van der Waals surface area contributed by atoms with Crippen LogP contribution in [0.2, 0.25) is 0 Å². The Morgan fingerprint density at radius 3 is 2.79 bits per heavy atom. The van der Waals surface area contributed by atoms with Gasteiger partial charge in [-0.1, -0.05) is 0 Å². The Hall–Kier alpha value is -0.220. The summed E-state index contributed by atoms with van der Waals surface area (Å²) in [6.45, 7) is 0.591. The van der Waals surface area contributed by atoms with Gasteiger partial charge in [0.05, 0.1) is 5.25 Å². The highest BCUT2D eigenvalue weighted by atomic mass is 32.2. The van der Waals surface area contributed by atoms with Crippen LogP contribution in [0.5, 0.6) is 0 Å². The smallest absolute Gasteiger partial charge is 0.233 e. The lowest BCUT2D eigenvalue weighted by Crippen LogP contribution is -2.44. The van der Waals surface area contributed by atoms with E-state index >= 15 is 0 Å². The molecule has 1 aliphatic carbocycles. The summed E-state index contributed by atoms with van der Waals surface area (Å²) < 4.78 is 0. The zero-order chi connectivity index (χ0) is 9.97. The van der Waals surface area contributed by atoms with Crippen molar-refractivity contribution in [1.29, 1.82) is 0 Å². The number of nitrogens with one attached hydrogen (secondary N) is 1. The molecule has 2 aliphatic rings. The Kier molecular flexibility index (Phi) is 3.34. The van der Waals surface area contributed by atoms with Crippen molar-refractivity contribution in [3.05, 3.63) is 0 Å². The summed E-state index contributed by atoms with van der Waals surface area (Å²) in [4.78, 5) is 11.8. The van der Waals surface area contributed by atoms with Crippen molar-refractivity contribution < 1.29 is 4.79 Å². The Bertz CT molecular complexity index is 212. The number of thioether (sulfide) groups is 1. The van der Waals surface area contributed by atoms with Gasteiger partial charge in [0.25, 0.3) is 0 Å². The molecule has 3 N–H and O–H groups in total. The van der Waals surface area contributed by atoms with Crippen molar-refractivity contribution in [2.45, 2.75) is 37.0 Å². The molecule has 0 aromatic heterocycles. The molecule has 1 saturated carbocycles. The number of amides is 1. The largest absolute Gasteiger partial charge is 0.351 e. The van der Waals surface area contributed by atoms with Crippen LogP contribution in [0, 0.1) is 5.92 Å². The second-order valence-corrected chi connectivity index (χ2v) is 5.50. The molecule has 2 unspecified atom stereocenters. The lowest BCUT2D eigenvalue weighted by molar-refractivity contribution is -0.121. The van der Waals surface area contributed by atoms with E-state index in [2.05, 4.69) is 5.32 Å². The van der Waals surface area contributed by atoms with E-state index in [1.165, 1.54) is 19.3 Å². The first kappa shape index (κ1) is 10.3. The van der Waals surface area contributed by atoms with Crippen LogP contribution in [0.15, 0.2) is 0 Å². The summed E-state index contributed by atoms with van der Waals surface area (Å²) >= 11 is 1.78. The fourth-order valence-corrected chi connectivity index (χ4v) is 3.10. The van der Waals surface area contributed by atoms with Crippen molar-refractivity contribution in [2.24, 2.45) is 11.7 Å². The normalized spacial score (nSPS) is 28.8. The zero-order valence-electron chi connectivity index (χ0n) is 8.37. The number of carbonyl (C=O) groups excluding carboxylic acids is 1. The highest BCUT2D eigenvalue weighted by Gasteiger charge is 2.33. The first-order valence-corrected chi connectivity index (χ1v) is 6.48. The molecule has 1 heterocycles. The highest BCUT2D eigenvalue weighted by Crippen LogP contribution is 2.33. The van der Waals surface area contributed by atoms with E-state index in [-0.39, 0.29) is 17.2 Å². The van der Waals surface area contributed by atoms with Gasteiger partial charge in [-0.3, -0.25) is 4.79 Å². The number of rotatable bonds is 4. The minimum absolute atomic E-state index is 0.197. The van der Waals surface area contributed by atoms with Crippen LogP contribution in [-0.4, -0.2) is 29.5 Å². The van der Waals surface area contributed by atoms with E-state index in [4.69, 9.17) is 5.73 Å². The molecule has 4 heteroatoms. The van der Waals surface area contributed by atoms with Crippen LogP contribution < -0.4 is 11.1 Å². The van der Waals surface area contributed by atoms with Gasteiger partial charge in [-0.05, 0) is 37.4 Å². The quantitative estimate of drug-likeness (QED) is 0.725. The van der Waals surface area contributed by atoms with Gasteiger partial charge in [-0.15, -0.1) is 11.8 Å². The van der Waals surface area contributed by atoms with Crippen LogP contribution in [-0.2, 0) is 4.79 Å². The second-order valence-electron chi connectivity index (χ2n) is 4.19. The standard InChI is InChI=1S/C10H18N2OS/c11-6-8(7-3-4-7)12-10(13)9-2-1-5-14-9/h7-9H,1-6,11H2,(H,12,13). The van der Waals surface area contributed by atoms with E-state index < -0.39 is 0 Å². The molecule has 2 fully saturated rings. The topological polar surface area (TPSA) is 55.1 Å². The molecule has 0 aromatic carbocycles. The number of hydrogen-bond donors (Lipinski definition) is 2. The molecule has 1 amide bonds. The van der Waals surface area contributed by atoms with Gasteiger partial charge in [-0.25, -0.2) is 0 Å². The molecule has 1 aliphatic heterocycles. The van der Waals surface area contributed by atoms with Gasteiger partial charge in [0.2, 0.25) is 5.91 Å². The molecule has 0 bridgehead atoms. The Morgan fingerprint density at radius 1 is 1.50 bits per heavy atom. The lowest BCUT2D eigenvalue weighted by atomic mass is 10.1. The van der Waals surface area contributed by atoms with Crippen molar-refractivity contribution >= 4 is 17.7 Å². The summed E-state index contributed by atoms with van der Waals surface area (Å²) in [5.41, 5.74) is 5.64. The van der Waals surface area contributed by atoms with Gasteiger partial charge in [0, 0.05) is 12.6 Å². The van der Waals surface area contributed by atoms with E-state index in [1.54, 1.807) is 11.8 Å². The molecule has 0 spiro atoms. The number of hydrogen-bond acceptors (Lipinski definition) is 3. The first-order valence-electron chi connectivity index (χ1n) is 5.43. The maximum atomic E-state index is 11.8. The summed E-state index contributed by atoms with van der Waals surface area (Å²) in [7, 11) is 0. The van der Waals surface area contributed by atoms with Gasteiger partial charge >= 0.3 is 0 Å². The van der Waals surface area contributed by atoms with E-state index in [9.17, 15) is 4.79 Å². The maximum absolute atomic E-state index is 11.8. The predicted molar refractivity (Wildman–Crippen MR) is 59.2 cm³/mol. The van der Waals surface area contributed by atoms with Crippen LogP contribution in [0.3, 0.4) is 0 Å². The highest BCUT2D eigenvalue weighted by molar-refractivity contribution is 8.00. The van der Waals surface area contributed by atoms with Crippen LogP contribution in [0.25, 0.3) is 0 Å². The van der Waals surface area contributed by atoms with E-state index in [0.29, 0.717) is 12.5 Å². The molecule has 2 atom stereocenters. The molecule has 2 rings (SSSR count). The molecule has 0 aromatic rings. The fraction of sp³-hybridized carbons (Fsp3) is 0.900. The Balaban J connectivity index is 1.79. The molecule has 3 nitrogen and oxygen atoms in total. The van der Waals surface area contributed by atoms with Crippen LogP contribution in [0.1, 0.15) is 25.7 Å². The zero-order valence-corrected chi connectivity index (χ0v) is 9.19. The summed E-state index contributed by atoms with van der Waals surface area (Å²) in [6, 6.07) is 0.240. The molecule has 0 radical (unpaired) electrons. The lowest BCUT2D eigenvalue weighted by Gasteiger charge is -2.18. The third-order valence-corrected chi connectivity index (χ3v) is 4.37. The van der Waals surface area contributed by atoms with Crippen LogP contribution in [0.4, 0.5) is 0 Å². The van der Waals surface area contributed by atoms with Crippen molar-refractivity contribution in [1.82, 2.24) is 5.32 Å². The first-order chi connectivity index (χ1) is 6.81. The number of carbonyl (C=O) groups is 1. The van der Waals surface area contributed by atoms with Crippen molar-refractivity contribution in [3.63, 3.8) is 0 Å². The monoisotopic (exact) mass is 214 g/mol. The average Bonchev–Trinajstić information content (AvgIpc) is 2.88. The summed E-state index contributed by atoms with van der Waals surface area (Å²) in [5, 5.41) is 3.28. The second kappa shape index (κ2) is 4.53. The minimum Gasteiger partial charge on any atom is -0.351 e. The average molecular weight is 214 g/mol. The van der Waals surface area contributed by atoms with Crippen LogP contribution >= 0.6 is 11.8 Å². The third kappa shape index (κ3) is 2.42. The fourth-order valence-electron chi connectivity index (χ4n) is 1.93. The molecule has 1 saturated heterocycles. The van der Waals surface area contributed by atoms with Gasteiger partial charge < -0.3 is 11.1 Å². The minimum atomic E-state index is 0.197. The number of nitrogens with two attached hydrogens (primary N) is 1. The summed E-state index contributed by atoms with van der Waals surface area (Å²) in [6.07, 6.45) is 4.69. The molecular formula is C10H18N2OS. The molecule has 14 heavy (non-hydrogen) atoms. The van der Waals surface area contributed by atoms with Gasteiger partial charge in [0.1, 0.15) is 0 Å².